The lowest BCUT2D eigenvalue weighted by Crippen LogP contribution is -2.21. The molecule has 0 saturated heterocycles. The van der Waals surface area contributed by atoms with Crippen LogP contribution in [0.15, 0.2) is 52.3 Å². The van der Waals surface area contributed by atoms with Gasteiger partial charge in [-0.15, -0.1) is 11.3 Å². The molecule has 0 aliphatic rings. The van der Waals surface area contributed by atoms with Gasteiger partial charge in [0.2, 0.25) is 0 Å². The number of ether oxygens (including phenoxy) is 1. The first-order valence-electron chi connectivity index (χ1n) is 8.18. The van der Waals surface area contributed by atoms with Gasteiger partial charge in [-0.05, 0) is 59.1 Å². The van der Waals surface area contributed by atoms with Crippen LogP contribution in [0.25, 0.3) is 11.3 Å². The Labute approximate surface area is 169 Å². The number of nitrogens with zero attached hydrogens (tertiary/aromatic N) is 1. The number of benzene rings is 2. The Hall–Kier alpha value is -2.51. The second-order valence-electron chi connectivity index (χ2n) is 5.94. The van der Waals surface area contributed by atoms with Crippen molar-refractivity contribution in [1.82, 2.24) is 4.98 Å². The fourth-order valence-electron chi connectivity index (χ4n) is 2.36. The Morgan fingerprint density at radius 2 is 1.93 bits per heavy atom. The summed E-state index contributed by atoms with van der Waals surface area (Å²) in [6.07, 6.45) is 0. The van der Waals surface area contributed by atoms with Crippen molar-refractivity contribution in [1.29, 1.82) is 0 Å². The van der Waals surface area contributed by atoms with Gasteiger partial charge in [-0.25, -0.2) is 9.78 Å². The minimum atomic E-state index is -0.562. The van der Waals surface area contributed by atoms with Crippen molar-refractivity contribution in [2.45, 2.75) is 13.8 Å². The average molecular weight is 445 g/mol. The van der Waals surface area contributed by atoms with E-state index in [2.05, 4.69) is 39.2 Å². The maximum absolute atomic E-state index is 12.0. The van der Waals surface area contributed by atoms with E-state index in [9.17, 15) is 9.59 Å². The lowest BCUT2D eigenvalue weighted by Gasteiger charge is -2.06. The third kappa shape index (κ3) is 4.81. The number of carbonyl (C=O) groups is 2. The van der Waals surface area contributed by atoms with Crippen LogP contribution in [0.5, 0.6) is 0 Å². The topological polar surface area (TPSA) is 68.3 Å². The molecule has 0 saturated carbocycles. The van der Waals surface area contributed by atoms with Crippen LogP contribution in [-0.2, 0) is 9.53 Å². The van der Waals surface area contributed by atoms with Gasteiger partial charge in [0.1, 0.15) is 0 Å². The number of amides is 1. The van der Waals surface area contributed by atoms with Gasteiger partial charge in [0.05, 0.1) is 11.3 Å². The second kappa shape index (κ2) is 8.45. The number of hydrogen-bond donors (Lipinski definition) is 1. The molecule has 27 heavy (non-hydrogen) atoms. The lowest BCUT2D eigenvalue weighted by molar-refractivity contribution is -0.119. The summed E-state index contributed by atoms with van der Waals surface area (Å²) in [6, 6.07) is 13.0. The highest BCUT2D eigenvalue weighted by molar-refractivity contribution is 9.10. The molecule has 0 bridgehead atoms. The number of anilines is 1. The van der Waals surface area contributed by atoms with Gasteiger partial charge in [-0.3, -0.25) is 10.1 Å². The molecule has 3 rings (SSSR count). The van der Waals surface area contributed by atoms with E-state index >= 15 is 0 Å². The molecule has 0 unspecified atom stereocenters. The van der Waals surface area contributed by atoms with Crippen LogP contribution >= 0.6 is 27.3 Å². The molecule has 7 heteroatoms. The number of halogens is 1. The Bertz CT molecular complexity index is 1000. The monoisotopic (exact) mass is 444 g/mol. The maximum atomic E-state index is 12.0. The van der Waals surface area contributed by atoms with Gasteiger partial charge >= 0.3 is 5.97 Å². The molecule has 138 valence electrons. The number of nitrogens with one attached hydrogen (secondary N) is 1. The van der Waals surface area contributed by atoms with Gasteiger partial charge in [0, 0.05) is 15.4 Å². The molecule has 0 fully saturated rings. The summed E-state index contributed by atoms with van der Waals surface area (Å²) in [5.41, 5.74) is 4.56. The van der Waals surface area contributed by atoms with Crippen molar-refractivity contribution >= 4 is 44.3 Å². The Balaban J connectivity index is 1.59. The van der Waals surface area contributed by atoms with Gasteiger partial charge in [-0.2, -0.15) is 0 Å². The summed E-state index contributed by atoms with van der Waals surface area (Å²) in [4.78, 5) is 28.5. The molecular weight excluding hydrogens is 428 g/mol. The van der Waals surface area contributed by atoms with Crippen molar-refractivity contribution in [3.05, 3.63) is 69.0 Å². The van der Waals surface area contributed by atoms with Gasteiger partial charge in [0.25, 0.3) is 5.91 Å². The van der Waals surface area contributed by atoms with E-state index < -0.39 is 11.9 Å². The molecule has 1 aromatic heterocycles. The normalized spacial score (nSPS) is 10.5. The number of rotatable bonds is 5. The summed E-state index contributed by atoms with van der Waals surface area (Å²) < 4.78 is 5.68. The first-order valence-corrected chi connectivity index (χ1v) is 9.86. The molecular formula is C20H17BrN2O3S. The van der Waals surface area contributed by atoms with E-state index in [0.717, 1.165) is 11.3 Å². The summed E-state index contributed by atoms with van der Waals surface area (Å²) in [6.45, 7) is 3.73. The van der Waals surface area contributed by atoms with Gasteiger partial charge in [0.15, 0.2) is 11.7 Å². The summed E-state index contributed by atoms with van der Waals surface area (Å²) in [7, 11) is 0. The van der Waals surface area contributed by atoms with Crippen molar-refractivity contribution in [2.75, 3.05) is 11.9 Å². The van der Waals surface area contributed by atoms with Gasteiger partial charge < -0.3 is 4.74 Å². The van der Waals surface area contributed by atoms with Crippen LogP contribution in [-0.4, -0.2) is 23.5 Å². The number of aromatic nitrogens is 1. The van der Waals surface area contributed by atoms with E-state index in [1.165, 1.54) is 22.5 Å². The summed E-state index contributed by atoms with van der Waals surface area (Å²) >= 11 is 4.61. The molecule has 5 nitrogen and oxygen atoms in total. The Morgan fingerprint density at radius 1 is 1.15 bits per heavy atom. The first kappa shape index (κ1) is 19.3. The zero-order chi connectivity index (χ0) is 19.4. The first-order chi connectivity index (χ1) is 12.9. The van der Waals surface area contributed by atoms with Crippen LogP contribution < -0.4 is 5.32 Å². The van der Waals surface area contributed by atoms with E-state index in [4.69, 9.17) is 4.74 Å². The third-order valence-corrected chi connectivity index (χ3v) is 5.43. The van der Waals surface area contributed by atoms with Crippen molar-refractivity contribution in [3.8, 4) is 11.3 Å². The van der Waals surface area contributed by atoms with Crippen LogP contribution in [0.4, 0.5) is 5.13 Å². The predicted molar refractivity (Wildman–Crippen MR) is 110 cm³/mol. The number of hydrogen-bond acceptors (Lipinski definition) is 5. The number of esters is 1. The second-order valence-corrected chi connectivity index (χ2v) is 7.65. The van der Waals surface area contributed by atoms with Crippen LogP contribution in [0.2, 0.25) is 0 Å². The highest BCUT2D eigenvalue weighted by atomic mass is 79.9. The fourth-order valence-corrected chi connectivity index (χ4v) is 3.54. The highest BCUT2D eigenvalue weighted by Crippen LogP contribution is 2.26. The molecule has 0 radical (unpaired) electrons. The molecule has 3 aromatic rings. The van der Waals surface area contributed by atoms with E-state index in [1.54, 1.807) is 24.3 Å². The Kier molecular flexibility index (Phi) is 6.03. The minimum absolute atomic E-state index is 0.372. The molecule has 0 aliphatic carbocycles. The average Bonchev–Trinajstić information content (AvgIpc) is 3.11. The number of carbonyl (C=O) groups excluding carboxylic acids is 2. The minimum Gasteiger partial charge on any atom is -0.452 e. The molecule has 1 N–H and O–H groups in total. The third-order valence-electron chi connectivity index (χ3n) is 3.98. The predicted octanol–water partition coefficient (Wildman–Crippen LogP) is 4.98. The van der Waals surface area contributed by atoms with Crippen molar-refractivity contribution in [3.63, 3.8) is 0 Å². The number of aryl methyl sites for hydroxylation is 2. The lowest BCUT2D eigenvalue weighted by atomic mass is 10.1. The smallest absolute Gasteiger partial charge is 0.339 e. The van der Waals surface area contributed by atoms with Crippen molar-refractivity contribution in [2.24, 2.45) is 0 Å². The van der Waals surface area contributed by atoms with E-state index in [-0.39, 0.29) is 6.61 Å². The SMILES string of the molecule is Cc1ccc(-c2csc(NC(=O)COC(=O)c3ccccc3Br)n2)cc1C. The molecule has 1 heterocycles. The van der Waals surface area contributed by atoms with Crippen LogP contribution in [0, 0.1) is 13.8 Å². The quantitative estimate of drug-likeness (QED) is 0.563. The molecule has 1 amide bonds. The molecule has 2 aromatic carbocycles. The van der Waals surface area contributed by atoms with Crippen molar-refractivity contribution < 1.29 is 14.3 Å². The summed E-state index contributed by atoms with van der Waals surface area (Å²) in [5.74, 6) is -0.996. The highest BCUT2D eigenvalue weighted by Gasteiger charge is 2.14. The maximum Gasteiger partial charge on any atom is 0.339 e. The zero-order valence-electron chi connectivity index (χ0n) is 14.8. The van der Waals surface area contributed by atoms with E-state index in [0.29, 0.717) is 15.2 Å². The Morgan fingerprint density at radius 3 is 2.67 bits per heavy atom. The van der Waals surface area contributed by atoms with Gasteiger partial charge in [-0.1, -0.05) is 24.3 Å². The standard InChI is InChI=1S/C20H17BrN2O3S/c1-12-7-8-14(9-13(12)2)17-11-27-20(22-17)23-18(24)10-26-19(25)15-5-3-4-6-16(15)21/h3-9,11H,10H2,1-2H3,(H,22,23,24). The molecule has 0 aliphatic heterocycles. The van der Waals surface area contributed by atoms with Crippen LogP contribution in [0.3, 0.4) is 0 Å². The molecule has 0 spiro atoms. The number of thiazole rings is 1. The zero-order valence-corrected chi connectivity index (χ0v) is 17.2. The van der Waals surface area contributed by atoms with Crippen LogP contribution in [0.1, 0.15) is 21.5 Å². The largest absolute Gasteiger partial charge is 0.452 e. The molecule has 0 atom stereocenters. The summed E-state index contributed by atoms with van der Waals surface area (Å²) in [5, 5.41) is 5.00. The van der Waals surface area contributed by atoms with E-state index in [1.807, 2.05) is 24.4 Å². The fraction of sp³-hybridized carbons (Fsp3) is 0.150.